The highest BCUT2D eigenvalue weighted by Gasteiger charge is 2.56. The molecule has 4 aliphatic rings. The van der Waals surface area contributed by atoms with Crippen molar-refractivity contribution < 1.29 is 57.3 Å². The molecule has 4 heterocycles. The standard InChI is InChI=1S/C52H74N8O12S2/c1-29(57(13)47(67)71-49(3,4)5)41(61)55-33-23-25-69-37-27-51(9,10)39(59(37)45(33)65)43(63)53-31-19-15-17-21-35(31)73-74-36-22-18-16-20-32(36)54-44(64)40-52(11,12)28-38-60(40)46(66)34(24-26-70-38)56-42(62)30(2)58(14)48(68)72-50(6,7)8/h15-22,29-30,33-34,37-40H,23-28H2,1-14H3,(H,53,63)(H,54,64)(H,55,61)(H,56,62)/t29-,30-,33-,34-,37-,38-,39?,40?/m0/s1. The SMILES string of the molecule is C[C@@H](C(=O)N[C@H]1CCO[C@H]2CC(C)(C)C(C(=O)Nc3ccccc3SSc3ccccc3NC(=O)C3N4C(=O)[C@@H](NC(=O)[C@H](C)N(C)C(=O)OC(C)(C)C)CCO[C@H]4CC3(C)C)N2C1=O)N(C)C(=O)OC(C)(C)C. The zero-order valence-electron chi connectivity index (χ0n) is 45.0. The number of amides is 8. The van der Waals surface area contributed by atoms with Gasteiger partial charge in [-0.3, -0.25) is 38.6 Å². The second-order valence-electron chi connectivity index (χ2n) is 22.7. The Balaban J connectivity index is 1.13. The van der Waals surface area contributed by atoms with Crippen molar-refractivity contribution in [2.75, 3.05) is 37.9 Å². The first-order chi connectivity index (χ1) is 34.4. The van der Waals surface area contributed by atoms with E-state index in [-0.39, 0.29) is 26.1 Å². The van der Waals surface area contributed by atoms with E-state index in [9.17, 15) is 38.4 Å². The van der Waals surface area contributed by atoms with Gasteiger partial charge in [-0.15, -0.1) is 0 Å². The van der Waals surface area contributed by atoms with E-state index in [4.69, 9.17) is 18.9 Å². The van der Waals surface area contributed by atoms with E-state index in [1.54, 1.807) is 65.8 Å². The molecular formula is C52H74N8O12S2. The van der Waals surface area contributed by atoms with Crippen molar-refractivity contribution in [3.8, 4) is 0 Å². The van der Waals surface area contributed by atoms with Crippen LogP contribution in [0.15, 0.2) is 58.3 Å². The van der Waals surface area contributed by atoms with Crippen LogP contribution in [0.2, 0.25) is 0 Å². The van der Waals surface area contributed by atoms with Crippen LogP contribution in [0.3, 0.4) is 0 Å². The molecule has 4 fully saturated rings. The maximum atomic E-state index is 14.5. The molecule has 4 N–H and O–H groups in total. The molecule has 406 valence electrons. The fourth-order valence-electron chi connectivity index (χ4n) is 9.40. The number of para-hydroxylation sites is 2. The molecule has 2 aromatic carbocycles. The average Bonchev–Trinajstić information content (AvgIpc) is 3.62. The Hall–Kier alpha value is -5.58. The molecular weight excluding hydrogens is 993 g/mol. The lowest BCUT2D eigenvalue weighted by Gasteiger charge is -2.34. The molecule has 0 radical (unpaired) electrons. The van der Waals surface area contributed by atoms with Gasteiger partial charge in [-0.1, -0.05) is 73.5 Å². The average molecular weight is 1070 g/mol. The summed E-state index contributed by atoms with van der Waals surface area (Å²) in [7, 11) is 5.58. The van der Waals surface area contributed by atoms with Gasteiger partial charge in [0.15, 0.2) is 0 Å². The summed E-state index contributed by atoms with van der Waals surface area (Å²) >= 11 is 0. The number of fused-ring (bicyclic) bond motifs is 2. The molecule has 2 aromatic rings. The fraction of sp³-hybridized carbons (Fsp3) is 0.615. The van der Waals surface area contributed by atoms with Gasteiger partial charge in [0, 0.05) is 36.7 Å². The smallest absolute Gasteiger partial charge is 0.410 e. The highest BCUT2D eigenvalue weighted by Crippen LogP contribution is 2.47. The van der Waals surface area contributed by atoms with E-state index in [0.29, 0.717) is 34.0 Å². The molecule has 4 aliphatic heterocycles. The van der Waals surface area contributed by atoms with Gasteiger partial charge in [0.1, 0.15) is 59.9 Å². The third-order valence-electron chi connectivity index (χ3n) is 13.5. The topological polar surface area (TPSA) is 235 Å². The second kappa shape index (κ2) is 22.7. The monoisotopic (exact) mass is 1070 g/mol. The second-order valence-corrected chi connectivity index (χ2v) is 24.9. The van der Waals surface area contributed by atoms with E-state index in [0.717, 1.165) is 0 Å². The van der Waals surface area contributed by atoms with Gasteiger partial charge >= 0.3 is 12.2 Å². The third kappa shape index (κ3) is 13.4. The number of hydrogen-bond donors (Lipinski definition) is 4. The maximum absolute atomic E-state index is 14.5. The minimum atomic E-state index is -1.02. The first-order valence-electron chi connectivity index (χ1n) is 24.9. The summed E-state index contributed by atoms with van der Waals surface area (Å²) in [5.41, 5.74) is -2.06. The van der Waals surface area contributed by atoms with Crippen molar-refractivity contribution in [1.82, 2.24) is 30.2 Å². The van der Waals surface area contributed by atoms with Crippen LogP contribution in [-0.2, 0) is 47.7 Å². The molecule has 0 aromatic heterocycles. The van der Waals surface area contributed by atoms with Crippen molar-refractivity contribution in [2.45, 2.75) is 178 Å². The quantitative estimate of drug-likeness (QED) is 0.155. The summed E-state index contributed by atoms with van der Waals surface area (Å²) in [4.78, 5) is 117. The summed E-state index contributed by atoms with van der Waals surface area (Å²) < 4.78 is 23.2. The number of anilines is 2. The highest BCUT2D eigenvalue weighted by molar-refractivity contribution is 8.76. The van der Waals surface area contributed by atoms with Gasteiger partial charge in [0.05, 0.1) is 24.6 Å². The molecule has 4 saturated heterocycles. The number of hydrogen-bond acceptors (Lipinski definition) is 14. The Bertz CT molecular complexity index is 2310. The fourth-order valence-corrected chi connectivity index (χ4v) is 11.7. The number of likely N-dealkylation sites (N-methyl/N-ethyl adjacent to an activating group) is 2. The molecule has 8 atom stereocenters. The van der Waals surface area contributed by atoms with Gasteiger partial charge in [-0.25, -0.2) is 9.59 Å². The van der Waals surface area contributed by atoms with Gasteiger partial charge < -0.3 is 50.0 Å². The largest absolute Gasteiger partial charge is 0.444 e. The van der Waals surface area contributed by atoms with Crippen LogP contribution in [0, 0.1) is 10.8 Å². The van der Waals surface area contributed by atoms with Gasteiger partial charge in [-0.05, 0) is 103 Å². The molecule has 8 amide bonds. The van der Waals surface area contributed by atoms with E-state index in [2.05, 4.69) is 21.3 Å². The van der Waals surface area contributed by atoms with E-state index < -0.39 is 118 Å². The Kier molecular flexibility index (Phi) is 17.7. The summed E-state index contributed by atoms with van der Waals surface area (Å²) in [5, 5.41) is 11.7. The minimum Gasteiger partial charge on any atom is -0.444 e. The van der Waals surface area contributed by atoms with Crippen molar-refractivity contribution >= 4 is 80.6 Å². The predicted molar refractivity (Wildman–Crippen MR) is 279 cm³/mol. The Labute approximate surface area is 442 Å². The van der Waals surface area contributed by atoms with E-state index in [1.165, 1.54) is 69.1 Å². The minimum absolute atomic E-state index is 0.151. The van der Waals surface area contributed by atoms with Gasteiger partial charge in [0.2, 0.25) is 35.4 Å². The van der Waals surface area contributed by atoms with Crippen LogP contribution in [0.5, 0.6) is 0 Å². The first-order valence-corrected chi connectivity index (χ1v) is 27.1. The van der Waals surface area contributed by atoms with Gasteiger partial charge in [0.25, 0.3) is 0 Å². The molecule has 74 heavy (non-hydrogen) atoms. The number of carbonyl (C=O) groups excluding carboxylic acids is 8. The molecule has 0 aliphatic carbocycles. The molecule has 2 unspecified atom stereocenters. The summed E-state index contributed by atoms with van der Waals surface area (Å²) in [6, 6.07) is 8.48. The number of benzene rings is 2. The van der Waals surface area contributed by atoms with E-state index in [1.807, 2.05) is 52.0 Å². The zero-order valence-corrected chi connectivity index (χ0v) is 46.6. The Morgan fingerprint density at radius 2 is 0.959 bits per heavy atom. The van der Waals surface area contributed by atoms with Crippen molar-refractivity contribution in [3.63, 3.8) is 0 Å². The van der Waals surface area contributed by atoms with Crippen LogP contribution in [0.4, 0.5) is 21.0 Å². The summed E-state index contributed by atoms with van der Waals surface area (Å²) in [6.45, 7) is 21.3. The van der Waals surface area contributed by atoms with Crippen LogP contribution in [-0.4, -0.2) is 154 Å². The molecule has 0 bridgehead atoms. The van der Waals surface area contributed by atoms with Crippen LogP contribution in [0.25, 0.3) is 0 Å². The van der Waals surface area contributed by atoms with Crippen LogP contribution in [0.1, 0.15) is 109 Å². The Morgan fingerprint density at radius 1 is 0.622 bits per heavy atom. The predicted octanol–water partition coefficient (Wildman–Crippen LogP) is 6.59. The number of rotatable bonds is 13. The maximum Gasteiger partial charge on any atom is 0.410 e. The van der Waals surface area contributed by atoms with Crippen molar-refractivity contribution in [3.05, 3.63) is 48.5 Å². The molecule has 0 spiro atoms. The Morgan fingerprint density at radius 3 is 1.30 bits per heavy atom. The molecule has 22 heteroatoms. The number of nitrogens with zero attached hydrogens (tertiary/aromatic N) is 4. The number of carbonyl (C=O) groups is 8. The normalized spacial score (nSPS) is 24.2. The van der Waals surface area contributed by atoms with Crippen LogP contribution < -0.4 is 21.3 Å². The summed E-state index contributed by atoms with van der Waals surface area (Å²) in [5.74, 6) is -2.96. The number of nitrogens with one attached hydrogen (secondary N) is 4. The molecule has 0 saturated carbocycles. The highest BCUT2D eigenvalue weighted by atomic mass is 33.1. The van der Waals surface area contributed by atoms with Crippen LogP contribution >= 0.6 is 21.6 Å². The lowest BCUT2D eigenvalue weighted by Crippen LogP contribution is -2.57. The van der Waals surface area contributed by atoms with E-state index >= 15 is 0 Å². The van der Waals surface area contributed by atoms with Crippen molar-refractivity contribution in [1.29, 1.82) is 0 Å². The summed E-state index contributed by atoms with van der Waals surface area (Å²) in [6.07, 6.45) is -1.75. The lowest BCUT2D eigenvalue weighted by atomic mass is 9.83. The first kappa shape index (κ1) is 57.7. The lowest BCUT2D eigenvalue weighted by molar-refractivity contribution is -0.148. The number of ether oxygens (including phenoxy) is 4. The van der Waals surface area contributed by atoms with Gasteiger partial charge in [-0.2, -0.15) is 0 Å². The molecule has 20 nitrogen and oxygen atoms in total. The molecule has 6 rings (SSSR count). The zero-order chi connectivity index (χ0) is 54.8. The van der Waals surface area contributed by atoms with Crippen molar-refractivity contribution in [2.24, 2.45) is 10.8 Å². The third-order valence-corrected chi connectivity index (χ3v) is 16.0.